The fourth-order valence-electron chi connectivity index (χ4n) is 3.59. The third-order valence-corrected chi connectivity index (χ3v) is 5.54. The topological polar surface area (TPSA) is 67.8 Å². The lowest BCUT2D eigenvalue weighted by molar-refractivity contribution is 0.0237. The van der Waals surface area contributed by atoms with E-state index in [4.69, 9.17) is 21.1 Å². The number of carbonyl (C=O) groups excluding carboxylic acids is 1. The Labute approximate surface area is 175 Å². The Morgan fingerprint density at radius 1 is 1.17 bits per heavy atom. The standard InChI is InChI=1S/C21H25ClN4O3/c22-19-13-16(14-24-20(19)29-18-4-11-28-12-5-18)21(27)26-9-7-25(8-10-26)15-17-3-1-2-6-23-17/h1-3,6,13-14,18H,4-5,7-12,15H2. The van der Waals surface area contributed by atoms with Gasteiger partial charge in [-0.05, 0) is 18.2 Å². The highest BCUT2D eigenvalue weighted by atomic mass is 35.5. The number of aromatic nitrogens is 2. The van der Waals surface area contributed by atoms with Crippen molar-refractivity contribution < 1.29 is 14.3 Å². The average Bonchev–Trinajstić information content (AvgIpc) is 2.77. The second-order valence-electron chi connectivity index (χ2n) is 7.33. The van der Waals surface area contributed by atoms with Crippen LogP contribution in [0.1, 0.15) is 28.9 Å². The molecule has 0 bridgehead atoms. The van der Waals surface area contributed by atoms with E-state index >= 15 is 0 Å². The summed E-state index contributed by atoms with van der Waals surface area (Å²) in [6, 6.07) is 7.59. The van der Waals surface area contributed by atoms with Gasteiger partial charge in [0.05, 0.1) is 24.5 Å². The third kappa shape index (κ3) is 5.23. The van der Waals surface area contributed by atoms with Gasteiger partial charge in [0.1, 0.15) is 11.1 Å². The molecule has 2 aromatic rings. The van der Waals surface area contributed by atoms with E-state index in [-0.39, 0.29) is 12.0 Å². The normalized spacial score (nSPS) is 18.6. The number of pyridine rings is 2. The first kappa shape index (κ1) is 20.1. The van der Waals surface area contributed by atoms with Gasteiger partial charge in [-0.25, -0.2) is 4.98 Å². The number of hydrogen-bond donors (Lipinski definition) is 0. The molecule has 8 heteroatoms. The average molecular weight is 417 g/mol. The molecule has 0 saturated carbocycles. The van der Waals surface area contributed by atoms with E-state index in [0.717, 1.165) is 38.2 Å². The van der Waals surface area contributed by atoms with Crippen molar-refractivity contribution in [3.8, 4) is 5.88 Å². The SMILES string of the molecule is O=C(c1cnc(OC2CCOCC2)c(Cl)c1)N1CCN(Cc2ccccn2)CC1. The number of ether oxygens (including phenoxy) is 2. The van der Waals surface area contributed by atoms with Crippen molar-refractivity contribution in [2.45, 2.75) is 25.5 Å². The number of rotatable bonds is 5. The summed E-state index contributed by atoms with van der Waals surface area (Å²) in [6.07, 6.45) is 5.07. The monoisotopic (exact) mass is 416 g/mol. The molecule has 2 aliphatic rings. The van der Waals surface area contributed by atoms with E-state index < -0.39 is 0 Å². The molecular weight excluding hydrogens is 392 g/mol. The molecule has 0 unspecified atom stereocenters. The molecule has 0 spiro atoms. The summed E-state index contributed by atoms with van der Waals surface area (Å²) in [5.74, 6) is 0.338. The van der Waals surface area contributed by atoms with Crippen molar-refractivity contribution in [3.63, 3.8) is 0 Å². The second kappa shape index (κ2) is 9.52. The predicted octanol–water partition coefficient (Wildman–Crippen LogP) is 2.65. The minimum Gasteiger partial charge on any atom is -0.473 e. The van der Waals surface area contributed by atoms with Gasteiger partial charge in [0.15, 0.2) is 0 Å². The molecule has 4 heterocycles. The second-order valence-corrected chi connectivity index (χ2v) is 7.74. The van der Waals surface area contributed by atoms with Crippen LogP contribution >= 0.6 is 11.6 Å². The van der Waals surface area contributed by atoms with E-state index in [0.29, 0.717) is 42.8 Å². The zero-order valence-electron chi connectivity index (χ0n) is 16.3. The first-order valence-corrected chi connectivity index (χ1v) is 10.4. The number of hydrogen-bond acceptors (Lipinski definition) is 6. The first-order valence-electron chi connectivity index (χ1n) is 10.0. The molecule has 4 rings (SSSR count). The van der Waals surface area contributed by atoms with Crippen molar-refractivity contribution in [1.82, 2.24) is 19.8 Å². The molecule has 0 N–H and O–H groups in total. The van der Waals surface area contributed by atoms with E-state index in [1.807, 2.05) is 23.1 Å². The highest BCUT2D eigenvalue weighted by Crippen LogP contribution is 2.26. The molecule has 2 saturated heterocycles. The Balaban J connectivity index is 1.32. The summed E-state index contributed by atoms with van der Waals surface area (Å²) >= 11 is 6.34. The molecule has 0 aromatic carbocycles. The molecule has 1 amide bonds. The highest BCUT2D eigenvalue weighted by Gasteiger charge is 2.24. The van der Waals surface area contributed by atoms with Crippen LogP contribution in [0.3, 0.4) is 0 Å². The van der Waals surface area contributed by atoms with Crippen LogP contribution in [0.25, 0.3) is 0 Å². The first-order chi connectivity index (χ1) is 14.2. The zero-order chi connectivity index (χ0) is 20.1. The summed E-state index contributed by atoms with van der Waals surface area (Å²) < 4.78 is 11.2. The molecule has 154 valence electrons. The van der Waals surface area contributed by atoms with Crippen LogP contribution in [0, 0.1) is 0 Å². The van der Waals surface area contributed by atoms with Crippen molar-refractivity contribution in [2.24, 2.45) is 0 Å². The van der Waals surface area contributed by atoms with Gasteiger partial charge >= 0.3 is 0 Å². The van der Waals surface area contributed by atoms with Gasteiger partial charge in [0.25, 0.3) is 5.91 Å². The van der Waals surface area contributed by atoms with Gasteiger partial charge in [-0.3, -0.25) is 14.7 Å². The fraction of sp³-hybridized carbons (Fsp3) is 0.476. The van der Waals surface area contributed by atoms with Crippen LogP contribution in [0.15, 0.2) is 36.7 Å². The van der Waals surface area contributed by atoms with E-state index in [2.05, 4.69) is 14.9 Å². The van der Waals surface area contributed by atoms with Crippen LogP contribution in [0.5, 0.6) is 5.88 Å². The Hall–Kier alpha value is -2.22. The van der Waals surface area contributed by atoms with Gasteiger partial charge in [0, 0.05) is 58.0 Å². The Bertz CT molecular complexity index is 822. The summed E-state index contributed by atoms with van der Waals surface area (Å²) in [5, 5.41) is 0.371. The molecule has 2 fully saturated rings. The van der Waals surface area contributed by atoms with Crippen molar-refractivity contribution in [2.75, 3.05) is 39.4 Å². The van der Waals surface area contributed by atoms with Crippen LogP contribution in [0.4, 0.5) is 0 Å². The summed E-state index contributed by atoms with van der Waals surface area (Å²) in [5.41, 5.74) is 1.54. The predicted molar refractivity (Wildman–Crippen MR) is 109 cm³/mol. The highest BCUT2D eigenvalue weighted by molar-refractivity contribution is 6.32. The van der Waals surface area contributed by atoms with Crippen LogP contribution in [0.2, 0.25) is 5.02 Å². The van der Waals surface area contributed by atoms with Crippen molar-refractivity contribution in [3.05, 3.63) is 52.9 Å². The van der Waals surface area contributed by atoms with Gasteiger partial charge < -0.3 is 14.4 Å². The quantitative estimate of drug-likeness (QED) is 0.746. The smallest absolute Gasteiger partial charge is 0.255 e. The zero-order valence-corrected chi connectivity index (χ0v) is 17.1. The van der Waals surface area contributed by atoms with Crippen molar-refractivity contribution >= 4 is 17.5 Å². The van der Waals surface area contributed by atoms with Gasteiger partial charge in [0.2, 0.25) is 5.88 Å². The van der Waals surface area contributed by atoms with E-state index in [1.54, 1.807) is 18.5 Å². The Morgan fingerprint density at radius 3 is 2.66 bits per heavy atom. The van der Waals surface area contributed by atoms with Gasteiger partial charge in [-0.1, -0.05) is 17.7 Å². The van der Waals surface area contributed by atoms with Crippen LogP contribution < -0.4 is 4.74 Å². The lowest BCUT2D eigenvalue weighted by Gasteiger charge is -2.34. The minimum atomic E-state index is -0.0468. The number of amides is 1. The maximum Gasteiger partial charge on any atom is 0.255 e. The summed E-state index contributed by atoms with van der Waals surface area (Å²) in [7, 11) is 0. The summed E-state index contributed by atoms with van der Waals surface area (Å²) in [6.45, 7) is 5.14. The van der Waals surface area contributed by atoms with Gasteiger partial charge in [-0.2, -0.15) is 0 Å². The Morgan fingerprint density at radius 2 is 1.97 bits per heavy atom. The summed E-state index contributed by atoms with van der Waals surface area (Å²) in [4.78, 5) is 25.7. The van der Waals surface area contributed by atoms with E-state index in [9.17, 15) is 4.79 Å². The van der Waals surface area contributed by atoms with E-state index in [1.165, 1.54) is 0 Å². The number of piperazine rings is 1. The number of halogens is 1. The number of carbonyl (C=O) groups is 1. The lowest BCUT2D eigenvalue weighted by atomic mass is 10.1. The third-order valence-electron chi connectivity index (χ3n) is 5.27. The molecule has 2 aromatic heterocycles. The molecule has 29 heavy (non-hydrogen) atoms. The molecule has 7 nitrogen and oxygen atoms in total. The minimum absolute atomic E-state index is 0.0468. The van der Waals surface area contributed by atoms with Crippen LogP contribution in [-0.4, -0.2) is 71.2 Å². The Kier molecular flexibility index (Phi) is 6.59. The molecule has 0 atom stereocenters. The molecule has 0 radical (unpaired) electrons. The largest absolute Gasteiger partial charge is 0.473 e. The van der Waals surface area contributed by atoms with Gasteiger partial charge in [-0.15, -0.1) is 0 Å². The molecular formula is C21H25ClN4O3. The number of nitrogens with zero attached hydrogens (tertiary/aromatic N) is 4. The lowest BCUT2D eigenvalue weighted by Crippen LogP contribution is -2.48. The van der Waals surface area contributed by atoms with Crippen molar-refractivity contribution in [1.29, 1.82) is 0 Å². The van der Waals surface area contributed by atoms with Crippen LogP contribution in [-0.2, 0) is 11.3 Å². The fourth-order valence-corrected chi connectivity index (χ4v) is 3.80. The maximum atomic E-state index is 12.9. The maximum absolute atomic E-state index is 12.9. The molecule has 2 aliphatic heterocycles. The molecule has 0 aliphatic carbocycles.